The van der Waals surface area contributed by atoms with Crippen molar-refractivity contribution in [2.24, 2.45) is 32.9 Å². The molecule has 0 bridgehead atoms. The maximum absolute atomic E-state index is 13.6. The summed E-state index contributed by atoms with van der Waals surface area (Å²) in [6.45, 7) is 1.91. The van der Waals surface area contributed by atoms with Crippen molar-refractivity contribution in [1.29, 1.82) is 0 Å². The van der Waals surface area contributed by atoms with E-state index in [9.17, 15) is 19.2 Å². The number of fused-ring (bicyclic) bond motifs is 1. The van der Waals surface area contributed by atoms with E-state index in [1.54, 1.807) is 18.2 Å². The van der Waals surface area contributed by atoms with Crippen LogP contribution in [-0.4, -0.2) is 66.9 Å². The van der Waals surface area contributed by atoms with E-state index in [2.05, 4.69) is 31.3 Å². The summed E-state index contributed by atoms with van der Waals surface area (Å²) in [5.74, 6) is -1.93. The third-order valence-corrected chi connectivity index (χ3v) is 7.11. The number of hydrogen-bond acceptors (Lipinski definition) is 7. The monoisotopic (exact) mass is 660 g/mol. The normalized spacial score (nSPS) is 12.4. The van der Waals surface area contributed by atoms with Gasteiger partial charge in [0, 0.05) is 18.8 Å². The minimum Gasteiger partial charge on any atom is -0.445 e. The van der Waals surface area contributed by atoms with E-state index in [1.165, 1.54) is 6.92 Å². The van der Waals surface area contributed by atoms with Crippen molar-refractivity contribution in [2.75, 3.05) is 18.4 Å². The molecule has 256 valence electrons. The van der Waals surface area contributed by atoms with E-state index in [0.717, 1.165) is 16.3 Å². The Kier molecular flexibility index (Phi) is 14.5. The van der Waals surface area contributed by atoms with E-state index in [-0.39, 0.29) is 44.5 Å². The standard InChI is InChI=1S/C33H44N10O5/c1-21(40-33(47)48-20-22-9-3-2-4-10-22)28(44)42-27(14-8-18-39-32(36)37)30(46)43-26(13-7-17-38-31(34)35)29(45)41-25-16-15-23-11-5-6-12-24(23)19-25/h2-6,9-12,15-16,19,21,26-27H,7-8,13-14,17-18,20H2,1H3,(H,40,47)(H,41,45)(H,42,44)(H,43,46)(H4,34,35,38)(H4,36,37,39)/t21-,26-,27-/m0/s1. The predicted octanol–water partition coefficient (Wildman–Crippen LogP) is 1.17. The van der Waals surface area contributed by atoms with Gasteiger partial charge in [-0.2, -0.15) is 0 Å². The molecule has 4 amide bonds. The Hall–Kier alpha value is -5.86. The molecule has 15 heteroatoms. The summed E-state index contributed by atoms with van der Waals surface area (Å²) in [6, 6.07) is 19.1. The van der Waals surface area contributed by atoms with Crippen LogP contribution in [0.5, 0.6) is 0 Å². The molecule has 3 aromatic carbocycles. The Morgan fingerprint density at radius 1 is 0.688 bits per heavy atom. The molecular formula is C33H44N10O5. The molecular weight excluding hydrogens is 616 g/mol. The minimum atomic E-state index is -1.09. The lowest BCUT2D eigenvalue weighted by atomic mass is 10.1. The average molecular weight is 661 g/mol. The van der Waals surface area contributed by atoms with Crippen LogP contribution in [0.1, 0.15) is 38.2 Å². The molecule has 0 aliphatic carbocycles. The number of hydrogen-bond donors (Lipinski definition) is 8. The highest BCUT2D eigenvalue weighted by atomic mass is 16.5. The second kappa shape index (κ2) is 19.0. The topological polar surface area (TPSA) is 254 Å². The second-order valence-electron chi connectivity index (χ2n) is 11.0. The molecule has 15 nitrogen and oxygen atoms in total. The van der Waals surface area contributed by atoms with Gasteiger partial charge in [0.05, 0.1) is 0 Å². The Balaban J connectivity index is 1.70. The van der Waals surface area contributed by atoms with Gasteiger partial charge in [-0.25, -0.2) is 4.79 Å². The van der Waals surface area contributed by atoms with Crippen LogP contribution in [0.3, 0.4) is 0 Å². The summed E-state index contributed by atoms with van der Waals surface area (Å²) in [7, 11) is 0. The fraction of sp³-hybridized carbons (Fsp3) is 0.333. The molecule has 0 aliphatic rings. The maximum atomic E-state index is 13.6. The molecule has 0 spiro atoms. The van der Waals surface area contributed by atoms with E-state index >= 15 is 0 Å². The van der Waals surface area contributed by atoms with Gasteiger partial charge < -0.3 is 48.9 Å². The number of carbonyl (C=O) groups is 4. The molecule has 0 radical (unpaired) electrons. The Morgan fingerprint density at radius 2 is 1.25 bits per heavy atom. The minimum absolute atomic E-state index is 0.0165. The lowest BCUT2D eigenvalue weighted by Crippen LogP contribution is -2.55. The molecule has 0 saturated carbocycles. The molecule has 3 rings (SSSR count). The highest BCUT2D eigenvalue weighted by molar-refractivity contribution is 6.00. The molecule has 0 aromatic heterocycles. The third-order valence-electron chi connectivity index (χ3n) is 7.11. The van der Waals surface area contributed by atoms with Gasteiger partial charge in [0.25, 0.3) is 0 Å². The zero-order valence-electron chi connectivity index (χ0n) is 26.9. The van der Waals surface area contributed by atoms with Crippen LogP contribution in [-0.2, 0) is 25.7 Å². The summed E-state index contributed by atoms with van der Waals surface area (Å²) in [6.07, 6.45) is 0.229. The molecule has 0 heterocycles. The first kappa shape index (κ1) is 36.6. The molecule has 0 fully saturated rings. The maximum Gasteiger partial charge on any atom is 0.408 e. The fourth-order valence-electron chi connectivity index (χ4n) is 4.62. The van der Waals surface area contributed by atoms with Crippen molar-refractivity contribution in [3.05, 3.63) is 78.4 Å². The van der Waals surface area contributed by atoms with Gasteiger partial charge in [0.15, 0.2) is 11.9 Å². The van der Waals surface area contributed by atoms with E-state index in [1.807, 2.05) is 54.6 Å². The van der Waals surface area contributed by atoms with Gasteiger partial charge in [0.2, 0.25) is 17.7 Å². The van der Waals surface area contributed by atoms with Crippen molar-refractivity contribution >= 4 is 52.2 Å². The second-order valence-corrected chi connectivity index (χ2v) is 11.0. The number of ether oxygens (including phenoxy) is 1. The highest BCUT2D eigenvalue weighted by Crippen LogP contribution is 2.19. The van der Waals surface area contributed by atoms with Crippen molar-refractivity contribution in [3.63, 3.8) is 0 Å². The predicted molar refractivity (Wildman–Crippen MR) is 185 cm³/mol. The number of carbonyl (C=O) groups excluding carboxylic acids is 4. The lowest BCUT2D eigenvalue weighted by Gasteiger charge is -2.24. The molecule has 0 saturated heterocycles. The Bertz CT molecular complexity index is 1590. The SMILES string of the molecule is C[C@H](NC(=O)OCc1ccccc1)C(=O)N[C@@H](CCCN=C(N)N)C(=O)N[C@@H](CCCN=C(N)N)C(=O)Nc1ccc2ccccc2c1. The number of anilines is 1. The summed E-state index contributed by atoms with van der Waals surface area (Å²) < 4.78 is 5.20. The Morgan fingerprint density at radius 3 is 1.88 bits per heavy atom. The summed E-state index contributed by atoms with van der Waals surface area (Å²) in [4.78, 5) is 60.4. The average Bonchev–Trinajstić information content (AvgIpc) is 3.06. The number of nitrogens with zero attached hydrogens (tertiary/aromatic N) is 2. The summed E-state index contributed by atoms with van der Waals surface area (Å²) >= 11 is 0. The lowest BCUT2D eigenvalue weighted by molar-refractivity contribution is -0.131. The van der Waals surface area contributed by atoms with Gasteiger partial charge >= 0.3 is 6.09 Å². The number of rotatable bonds is 17. The van der Waals surface area contributed by atoms with Crippen molar-refractivity contribution < 1.29 is 23.9 Å². The highest BCUT2D eigenvalue weighted by Gasteiger charge is 2.28. The zero-order valence-corrected chi connectivity index (χ0v) is 26.9. The molecule has 0 unspecified atom stereocenters. The van der Waals surface area contributed by atoms with Gasteiger partial charge in [-0.3, -0.25) is 24.4 Å². The number of aliphatic imine (C=N–C) groups is 2. The Labute approximate surface area is 278 Å². The van der Waals surface area contributed by atoms with Crippen LogP contribution in [0.25, 0.3) is 10.8 Å². The van der Waals surface area contributed by atoms with E-state index < -0.39 is 41.9 Å². The van der Waals surface area contributed by atoms with Crippen LogP contribution >= 0.6 is 0 Å². The number of nitrogens with two attached hydrogens (primary N) is 4. The van der Waals surface area contributed by atoms with Crippen LogP contribution in [0.4, 0.5) is 10.5 Å². The van der Waals surface area contributed by atoms with Gasteiger partial charge in [0.1, 0.15) is 24.7 Å². The smallest absolute Gasteiger partial charge is 0.408 e. The number of alkyl carbamates (subject to hydrolysis) is 1. The quantitative estimate of drug-likeness (QED) is 0.0586. The van der Waals surface area contributed by atoms with Crippen molar-refractivity contribution in [3.8, 4) is 0 Å². The third kappa shape index (κ3) is 12.9. The van der Waals surface area contributed by atoms with Crippen LogP contribution in [0.2, 0.25) is 0 Å². The van der Waals surface area contributed by atoms with Crippen LogP contribution in [0, 0.1) is 0 Å². The van der Waals surface area contributed by atoms with Crippen molar-refractivity contribution in [2.45, 2.75) is 57.3 Å². The molecule has 12 N–H and O–H groups in total. The van der Waals surface area contributed by atoms with E-state index in [0.29, 0.717) is 18.5 Å². The molecule has 0 aliphatic heterocycles. The fourth-order valence-corrected chi connectivity index (χ4v) is 4.62. The number of benzene rings is 3. The van der Waals surface area contributed by atoms with E-state index in [4.69, 9.17) is 27.7 Å². The zero-order chi connectivity index (χ0) is 34.9. The van der Waals surface area contributed by atoms with Gasteiger partial charge in [-0.05, 0) is 61.1 Å². The largest absolute Gasteiger partial charge is 0.445 e. The molecule has 3 atom stereocenters. The molecule has 3 aromatic rings. The first-order valence-corrected chi connectivity index (χ1v) is 15.5. The number of guanidine groups is 2. The van der Waals surface area contributed by atoms with Crippen molar-refractivity contribution in [1.82, 2.24) is 16.0 Å². The first-order chi connectivity index (χ1) is 23.0. The van der Waals surface area contributed by atoms with Crippen LogP contribution < -0.4 is 44.2 Å². The van der Waals surface area contributed by atoms with Crippen LogP contribution in [0.15, 0.2) is 82.8 Å². The first-order valence-electron chi connectivity index (χ1n) is 15.5. The van der Waals surface area contributed by atoms with Gasteiger partial charge in [-0.1, -0.05) is 60.7 Å². The molecule has 48 heavy (non-hydrogen) atoms. The number of nitrogens with one attached hydrogen (secondary N) is 4. The summed E-state index contributed by atoms with van der Waals surface area (Å²) in [5.41, 5.74) is 23.0. The van der Waals surface area contributed by atoms with Gasteiger partial charge in [-0.15, -0.1) is 0 Å². The number of amides is 4. The summed E-state index contributed by atoms with van der Waals surface area (Å²) in [5, 5.41) is 12.7.